The second kappa shape index (κ2) is 8.82. The Morgan fingerprint density at radius 1 is 1.09 bits per heavy atom. The molecule has 0 fully saturated rings. The second-order valence-corrected chi connectivity index (χ2v) is 8.49. The average Bonchev–Trinajstić information content (AvgIpc) is 3.08. The fourth-order valence-corrected chi connectivity index (χ4v) is 3.78. The number of aryl methyl sites for hydroxylation is 2. The van der Waals surface area contributed by atoms with E-state index in [-0.39, 0.29) is 35.9 Å². The highest BCUT2D eigenvalue weighted by Gasteiger charge is 2.18. The molecule has 32 heavy (non-hydrogen) atoms. The molecule has 0 unspecified atom stereocenters. The van der Waals surface area contributed by atoms with Gasteiger partial charge in [-0.05, 0) is 30.5 Å². The van der Waals surface area contributed by atoms with Gasteiger partial charge in [-0.15, -0.1) is 5.10 Å². The van der Waals surface area contributed by atoms with E-state index < -0.39 is 0 Å². The lowest BCUT2D eigenvalue weighted by atomic mass is 10.1. The number of fused-ring (bicyclic) bond motifs is 3. The van der Waals surface area contributed by atoms with Crippen molar-refractivity contribution in [1.82, 2.24) is 24.1 Å². The summed E-state index contributed by atoms with van der Waals surface area (Å²) in [5.41, 5.74) is 1.96. The molecule has 2 heterocycles. The van der Waals surface area contributed by atoms with E-state index in [0.29, 0.717) is 29.9 Å². The molecule has 4 rings (SSSR count). The summed E-state index contributed by atoms with van der Waals surface area (Å²) in [6.07, 6.45) is 0.125. The zero-order valence-corrected chi connectivity index (χ0v) is 18.5. The maximum atomic E-state index is 13.3. The van der Waals surface area contributed by atoms with Crippen molar-refractivity contribution >= 4 is 22.6 Å². The molecule has 2 aromatic heterocycles. The summed E-state index contributed by atoms with van der Waals surface area (Å²) in [4.78, 5) is 38.7. The Morgan fingerprint density at radius 2 is 1.88 bits per heavy atom. The fraction of sp³-hybridized carbons (Fsp3) is 0.333. The van der Waals surface area contributed by atoms with Crippen LogP contribution in [0.1, 0.15) is 31.4 Å². The molecule has 1 amide bonds. The molecule has 8 nitrogen and oxygen atoms in total. The SMILES string of the molecule is Cc1cccc(Cn2nc3n(CCC(=O)NCC(C)C)c(=O)c4ccccc4n3c2=O)c1. The molecule has 0 aliphatic rings. The number of nitrogens with one attached hydrogen (secondary N) is 1. The summed E-state index contributed by atoms with van der Waals surface area (Å²) in [6, 6.07) is 14.8. The van der Waals surface area contributed by atoms with Crippen LogP contribution in [0.3, 0.4) is 0 Å². The third-order valence-corrected chi connectivity index (χ3v) is 5.37. The third-order valence-electron chi connectivity index (χ3n) is 5.37. The first-order valence-corrected chi connectivity index (χ1v) is 10.8. The monoisotopic (exact) mass is 433 g/mol. The quantitative estimate of drug-likeness (QED) is 0.484. The third kappa shape index (κ3) is 4.21. The van der Waals surface area contributed by atoms with Crippen molar-refractivity contribution in [1.29, 1.82) is 0 Å². The lowest BCUT2D eigenvalue weighted by molar-refractivity contribution is -0.121. The molecule has 0 saturated carbocycles. The van der Waals surface area contributed by atoms with Crippen LogP contribution in [0.15, 0.2) is 58.1 Å². The first-order valence-electron chi connectivity index (χ1n) is 10.8. The van der Waals surface area contributed by atoms with Gasteiger partial charge in [-0.25, -0.2) is 13.9 Å². The molecule has 0 bridgehead atoms. The number of benzene rings is 2. The van der Waals surface area contributed by atoms with Gasteiger partial charge in [0.2, 0.25) is 11.7 Å². The van der Waals surface area contributed by atoms with Gasteiger partial charge in [-0.1, -0.05) is 55.8 Å². The molecule has 8 heteroatoms. The Balaban J connectivity index is 1.80. The summed E-state index contributed by atoms with van der Waals surface area (Å²) in [5, 5.41) is 7.78. The van der Waals surface area contributed by atoms with Crippen LogP contribution in [-0.4, -0.2) is 31.2 Å². The normalized spacial score (nSPS) is 11.5. The van der Waals surface area contributed by atoms with E-state index >= 15 is 0 Å². The Kier molecular flexibility index (Phi) is 5.94. The van der Waals surface area contributed by atoms with Crippen LogP contribution < -0.4 is 16.6 Å². The van der Waals surface area contributed by atoms with E-state index in [0.717, 1.165) is 11.1 Å². The smallest absolute Gasteiger partial charge is 0.352 e. The molecule has 2 aromatic carbocycles. The van der Waals surface area contributed by atoms with Crippen LogP contribution in [0.4, 0.5) is 0 Å². The van der Waals surface area contributed by atoms with Crippen molar-refractivity contribution < 1.29 is 4.79 Å². The second-order valence-electron chi connectivity index (χ2n) is 8.49. The predicted molar refractivity (Wildman–Crippen MR) is 124 cm³/mol. The summed E-state index contributed by atoms with van der Waals surface area (Å²) in [6.45, 7) is 7.03. The highest BCUT2D eigenvalue weighted by atomic mass is 16.2. The highest BCUT2D eigenvalue weighted by molar-refractivity contribution is 5.80. The molecule has 0 spiro atoms. The minimum Gasteiger partial charge on any atom is -0.356 e. The molecule has 0 aliphatic carbocycles. The van der Waals surface area contributed by atoms with Crippen molar-refractivity contribution in [2.24, 2.45) is 5.92 Å². The van der Waals surface area contributed by atoms with Crippen LogP contribution >= 0.6 is 0 Å². The molecule has 0 aliphatic heterocycles. The van der Waals surface area contributed by atoms with Gasteiger partial charge in [0.1, 0.15) is 0 Å². The maximum Gasteiger partial charge on any atom is 0.352 e. The molecular weight excluding hydrogens is 406 g/mol. The van der Waals surface area contributed by atoms with Gasteiger partial charge >= 0.3 is 5.69 Å². The first-order chi connectivity index (χ1) is 15.3. The van der Waals surface area contributed by atoms with Gasteiger partial charge in [-0.3, -0.25) is 14.2 Å². The van der Waals surface area contributed by atoms with E-state index in [1.807, 2.05) is 45.0 Å². The molecule has 1 N–H and O–H groups in total. The van der Waals surface area contributed by atoms with Crippen molar-refractivity contribution in [3.8, 4) is 0 Å². The summed E-state index contributed by atoms with van der Waals surface area (Å²) in [5.74, 6) is 0.436. The number of rotatable bonds is 7. The zero-order chi connectivity index (χ0) is 22.8. The molecular formula is C24H27N5O3. The molecule has 0 atom stereocenters. The van der Waals surface area contributed by atoms with Crippen LogP contribution in [-0.2, 0) is 17.9 Å². The van der Waals surface area contributed by atoms with Gasteiger partial charge in [0, 0.05) is 19.5 Å². The fourth-order valence-electron chi connectivity index (χ4n) is 3.78. The van der Waals surface area contributed by atoms with Gasteiger partial charge in [0.05, 0.1) is 17.4 Å². The zero-order valence-electron chi connectivity index (χ0n) is 18.5. The van der Waals surface area contributed by atoms with E-state index in [1.54, 1.807) is 24.3 Å². The van der Waals surface area contributed by atoms with Gasteiger partial charge in [-0.2, -0.15) is 0 Å². The summed E-state index contributed by atoms with van der Waals surface area (Å²) < 4.78 is 4.25. The first kappa shape index (κ1) is 21.5. The number of para-hydroxylation sites is 1. The van der Waals surface area contributed by atoms with Crippen LogP contribution in [0.25, 0.3) is 16.7 Å². The number of carbonyl (C=O) groups excluding carboxylic acids is 1. The number of nitrogens with zero attached hydrogens (tertiary/aromatic N) is 4. The lowest BCUT2D eigenvalue weighted by Gasteiger charge is -2.10. The van der Waals surface area contributed by atoms with Crippen molar-refractivity contribution in [2.45, 2.75) is 40.3 Å². The van der Waals surface area contributed by atoms with Crippen LogP contribution in [0.2, 0.25) is 0 Å². The van der Waals surface area contributed by atoms with Crippen molar-refractivity contribution in [3.05, 3.63) is 80.5 Å². The van der Waals surface area contributed by atoms with E-state index in [2.05, 4.69) is 10.4 Å². The number of hydrogen-bond donors (Lipinski definition) is 1. The largest absolute Gasteiger partial charge is 0.356 e. The average molecular weight is 434 g/mol. The maximum absolute atomic E-state index is 13.3. The standard InChI is InChI=1S/C24H27N5O3/c1-16(2)14-25-21(30)11-12-27-22(31)19-9-4-5-10-20(19)29-23(27)26-28(24(29)32)15-18-8-6-7-17(3)13-18/h4-10,13,16H,11-12,14-15H2,1-3H3,(H,25,30). The molecule has 0 saturated heterocycles. The Morgan fingerprint density at radius 3 is 2.62 bits per heavy atom. The Hall–Kier alpha value is -3.68. The number of aromatic nitrogens is 4. The molecule has 0 radical (unpaired) electrons. The number of carbonyl (C=O) groups is 1. The van der Waals surface area contributed by atoms with Crippen molar-refractivity contribution in [3.63, 3.8) is 0 Å². The minimum absolute atomic E-state index is 0.125. The molecule has 166 valence electrons. The van der Waals surface area contributed by atoms with Gasteiger partial charge < -0.3 is 5.32 Å². The summed E-state index contributed by atoms with van der Waals surface area (Å²) in [7, 11) is 0. The number of hydrogen-bond acceptors (Lipinski definition) is 4. The lowest BCUT2D eigenvalue weighted by Crippen LogP contribution is -2.31. The van der Waals surface area contributed by atoms with Gasteiger partial charge in [0.15, 0.2) is 0 Å². The van der Waals surface area contributed by atoms with Crippen LogP contribution in [0.5, 0.6) is 0 Å². The number of amides is 1. The molecule has 4 aromatic rings. The minimum atomic E-state index is -0.323. The van der Waals surface area contributed by atoms with E-state index in [1.165, 1.54) is 13.6 Å². The summed E-state index contributed by atoms with van der Waals surface area (Å²) >= 11 is 0. The predicted octanol–water partition coefficient (Wildman–Crippen LogP) is 2.33. The Bertz CT molecular complexity index is 1410. The van der Waals surface area contributed by atoms with Crippen LogP contribution in [0, 0.1) is 12.8 Å². The van der Waals surface area contributed by atoms with Crippen molar-refractivity contribution in [2.75, 3.05) is 6.54 Å². The van der Waals surface area contributed by atoms with E-state index in [9.17, 15) is 14.4 Å². The highest BCUT2D eigenvalue weighted by Crippen LogP contribution is 2.12. The topological polar surface area (TPSA) is 90.4 Å². The van der Waals surface area contributed by atoms with Gasteiger partial charge in [0.25, 0.3) is 5.56 Å². The Labute approximate surface area is 185 Å². The van der Waals surface area contributed by atoms with E-state index in [4.69, 9.17) is 0 Å².